The standard InChI is InChI=1S/C16H12N2OS/c17-12-13-5-4-6-14(11-13)18-16(19)9-10-20-15-7-2-1-3-8-15/h1-11H,(H,18,19)/b10-9+. The molecule has 2 aromatic rings. The van der Waals surface area contributed by atoms with Crippen LogP contribution in [0.25, 0.3) is 0 Å². The Bertz CT molecular complexity index is 660. The fourth-order valence-corrected chi connectivity index (χ4v) is 2.19. The summed E-state index contributed by atoms with van der Waals surface area (Å²) in [5.74, 6) is -0.219. The molecule has 0 bridgehead atoms. The van der Waals surface area contributed by atoms with E-state index in [2.05, 4.69) is 5.32 Å². The first-order valence-corrected chi connectivity index (χ1v) is 6.85. The SMILES string of the molecule is N#Cc1cccc(NC(=O)/C=C/Sc2ccccc2)c1. The number of amides is 1. The third-order valence-corrected chi connectivity index (χ3v) is 3.24. The average molecular weight is 280 g/mol. The Morgan fingerprint density at radius 3 is 2.70 bits per heavy atom. The van der Waals surface area contributed by atoms with Crippen LogP contribution in [-0.4, -0.2) is 5.91 Å². The monoisotopic (exact) mass is 280 g/mol. The molecule has 1 amide bonds. The number of nitrogens with one attached hydrogen (secondary N) is 1. The van der Waals surface area contributed by atoms with E-state index in [1.165, 1.54) is 17.8 Å². The van der Waals surface area contributed by atoms with Crippen LogP contribution in [0.15, 0.2) is 71.0 Å². The molecule has 98 valence electrons. The molecule has 3 nitrogen and oxygen atoms in total. The first-order chi connectivity index (χ1) is 9.78. The molecule has 0 radical (unpaired) electrons. The second-order valence-corrected chi connectivity index (χ2v) is 4.89. The van der Waals surface area contributed by atoms with E-state index in [0.29, 0.717) is 11.3 Å². The molecule has 2 aromatic carbocycles. The summed E-state index contributed by atoms with van der Waals surface area (Å²) in [4.78, 5) is 12.8. The lowest BCUT2D eigenvalue weighted by molar-refractivity contribution is -0.111. The van der Waals surface area contributed by atoms with Gasteiger partial charge in [-0.05, 0) is 35.7 Å². The van der Waals surface area contributed by atoms with Crippen molar-refractivity contribution in [2.75, 3.05) is 5.32 Å². The molecule has 0 aliphatic carbocycles. The van der Waals surface area contributed by atoms with E-state index in [-0.39, 0.29) is 5.91 Å². The Morgan fingerprint density at radius 2 is 1.95 bits per heavy atom. The van der Waals surface area contributed by atoms with Gasteiger partial charge in [0.1, 0.15) is 0 Å². The van der Waals surface area contributed by atoms with Gasteiger partial charge >= 0.3 is 0 Å². The molecule has 0 heterocycles. The molecule has 0 saturated carbocycles. The Balaban J connectivity index is 1.90. The second-order valence-electron chi connectivity index (χ2n) is 3.92. The predicted molar refractivity (Wildman–Crippen MR) is 81.2 cm³/mol. The Hall–Kier alpha value is -2.51. The summed E-state index contributed by atoms with van der Waals surface area (Å²) in [5, 5.41) is 13.2. The number of carbonyl (C=O) groups excluding carboxylic acids is 1. The van der Waals surface area contributed by atoms with E-state index in [0.717, 1.165) is 4.90 Å². The van der Waals surface area contributed by atoms with Crippen LogP contribution in [-0.2, 0) is 4.79 Å². The lowest BCUT2D eigenvalue weighted by atomic mass is 10.2. The van der Waals surface area contributed by atoms with Gasteiger partial charge in [0.15, 0.2) is 0 Å². The number of nitrogens with zero attached hydrogens (tertiary/aromatic N) is 1. The van der Waals surface area contributed by atoms with Crippen molar-refractivity contribution in [3.63, 3.8) is 0 Å². The molecule has 1 N–H and O–H groups in total. The predicted octanol–water partition coefficient (Wildman–Crippen LogP) is 3.80. The number of hydrogen-bond donors (Lipinski definition) is 1. The van der Waals surface area contributed by atoms with Crippen LogP contribution in [0.3, 0.4) is 0 Å². The van der Waals surface area contributed by atoms with Crippen molar-refractivity contribution in [3.8, 4) is 6.07 Å². The maximum Gasteiger partial charge on any atom is 0.248 e. The number of benzene rings is 2. The highest BCUT2D eigenvalue weighted by Crippen LogP contribution is 2.18. The van der Waals surface area contributed by atoms with Crippen LogP contribution < -0.4 is 5.32 Å². The van der Waals surface area contributed by atoms with Crippen molar-refractivity contribution in [1.29, 1.82) is 5.26 Å². The number of hydrogen-bond acceptors (Lipinski definition) is 3. The fourth-order valence-electron chi connectivity index (χ4n) is 1.52. The molecular formula is C16H12N2OS. The van der Waals surface area contributed by atoms with Gasteiger partial charge in [-0.1, -0.05) is 36.0 Å². The van der Waals surface area contributed by atoms with Crippen LogP contribution in [0, 0.1) is 11.3 Å². The van der Waals surface area contributed by atoms with E-state index in [1.54, 1.807) is 29.7 Å². The van der Waals surface area contributed by atoms with Crippen molar-refractivity contribution in [3.05, 3.63) is 71.6 Å². The van der Waals surface area contributed by atoms with E-state index in [9.17, 15) is 4.79 Å². The summed E-state index contributed by atoms with van der Waals surface area (Å²) >= 11 is 1.47. The second kappa shape index (κ2) is 7.17. The van der Waals surface area contributed by atoms with Crippen LogP contribution in [0.5, 0.6) is 0 Å². The Morgan fingerprint density at radius 1 is 1.15 bits per heavy atom. The van der Waals surface area contributed by atoms with E-state index in [4.69, 9.17) is 5.26 Å². The molecule has 20 heavy (non-hydrogen) atoms. The highest BCUT2D eigenvalue weighted by Gasteiger charge is 1.99. The van der Waals surface area contributed by atoms with Crippen molar-refractivity contribution in [2.45, 2.75) is 4.90 Å². The summed E-state index contributed by atoms with van der Waals surface area (Å²) < 4.78 is 0. The molecule has 2 rings (SSSR count). The maximum absolute atomic E-state index is 11.7. The summed E-state index contributed by atoms with van der Waals surface area (Å²) in [6, 6.07) is 18.6. The van der Waals surface area contributed by atoms with Gasteiger partial charge in [-0.3, -0.25) is 4.79 Å². The topological polar surface area (TPSA) is 52.9 Å². The summed E-state index contributed by atoms with van der Waals surface area (Å²) in [5.41, 5.74) is 1.13. The first-order valence-electron chi connectivity index (χ1n) is 5.97. The Kier molecular flexibility index (Phi) is 4.99. The highest BCUT2D eigenvalue weighted by molar-refractivity contribution is 8.02. The normalized spacial score (nSPS) is 10.2. The van der Waals surface area contributed by atoms with Gasteiger partial charge in [0.05, 0.1) is 11.6 Å². The minimum Gasteiger partial charge on any atom is -0.322 e. The third-order valence-electron chi connectivity index (χ3n) is 2.43. The molecule has 0 atom stereocenters. The largest absolute Gasteiger partial charge is 0.322 e. The lowest BCUT2D eigenvalue weighted by Gasteiger charge is -2.01. The molecule has 0 saturated heterocycles. The van der Waals surface area contributed by atoms with Gasteiger partial charge in [0.25, 0.3) is 0 Å². The molecular weight excluding hydrogens is 268 g/mol. The van der Waals surface area contributed by atoms with Crippen LogP contribution in [0.4, 0.5) is 5.69 Å². The van der Waals surface area contributed by atoms with Gasteiger partial charge < -0.3 is 5.32 Å². The summed E-state index contributed by atoms with van der Waals surface area (Å²) in [6.45, 7) is 0. The molecule has 0 fully saturated rings. The van der Waals surface area contributed by atoms with Crippen molar-refractivity contribution >= 4 is 23.4 Å². The maximum atomic E-state index is 11.7. The van der Waals surface area contributed by atoms with Crippen molar-refractivity contribution in [1.82, 2.24) is 0 Å². The van der Waals surface area contributed by atoms with E-state index < -0.39 is 0 Å². The zero-order valence-electron chi connectivity index (χ0n) is 10.6. The van der Waals surface area contributed by atoms with Crippen molar-refractivity contribution < 1.29 is 4.79 Å². The van der Waals surface area contributed by atoms with Crippen molar-refractivity contribution in [2.24, 2.45) is 0 Å². The van der Waals surface area contributed by atoms with Gasteiger partial charge in [-0.2, -0.15) is 5.26 Å². The highest BCUT2D eigenvalue weighted by atomic mass is 32.2. The van der Waals surface area contributed by atoms with Crippen LogP contribution in [0.2, 0.25) is 0 Å². The molecule has 0 spiro atoms. The first kappa shape index (κ1) is 13.9. The molecule has 0 unspecified atom stereocenters. The number of rotatable bonds is 4. The van der Waals surface area contributed by atoms with E-state index in [1.807, 2.05) is 36.4 Å². The quantitative estimate of drug-likeness (QED) is 0.684. The molecule has 4 heteroatoms. The van der Waals surface area contributed by atoms with Gasteiger partial charge in [-0.15, -0.1) is 0 Å². The lowest BCUT2D eigenvalue weighted by Crippen LogP contribution is -2.07. The van der Waals surface area contributed by atoms with Gasteiger partial charge in [-0.25, -0.2) is 0 Å². The van der Waals surface area contributed by atoms with E-state index >= 15 is 0 Å². The average Bonchev–Trinajstić information content (AvgIpc) is 2.48. The zero-order chi connectivity index (χ0) is 14.2. The molecule has 0 aliphatic heterocycles. The fraction of sp³-hybridized carbons (Fsp3) is 0. The van der Waals surface area contributed by atoms with Gasteiger partial charge in [0, 0.05) is 16.7 Å². The smallest absolute Gasteiger partial charge is 0.248 e. The minimum atomic E-state index is -0.219. The molecule has 0 aliphatic rings. The molecule has 0 aromatic heterocycles. The summed E-state index contributed by atoms with van der Waals surface area (Å²) in [6.07, 6.45) is 1.47. The minimum absolute atomic E-state index is 0.219. The Labute approximate surface area is 121 Å². The van der Waals surface area contributed by atoms with Crippen LogP contribution in [0.1, 0.15) is 5.56 Å². The van der Waals surface area contributed by atoms with Gasteiger partial charge in [0.2, 0.25) is 5.91 Å². The number of nitriles is 1. The zero-order valence-corrected chi connectivity index (χ0v) is 11.4. The number of thioether (sulfide) groups is 1. The summed E-state index contributed by atoms with van der Waals surface area (Å²) in [7, 11) is 0. The number of anilines is 1. The third kappa shape index (κ3) is 4.30. The van der Waals surface area contributed by atoms with Crippen LogP contribution >= 0.6 is 11.8 Å². The number of carbonyl (C=O) groups is 1.